The fraction of sp³-hybridized carbons (Fsp3) is 0.323. The highest BCUT2D eigenvalue weighted by molar-refractivity contribution is 7.91. The second-order valence-electron chi connectivity index (χ2n) is 10.8. The minimum Gasteiger partial charge on any atom is -0.327 e. The van der Waals surface area contributed by atoms with E-state index in [-0.39, 0.29) is 42.7 Å². The van der Waals surface area contributed by atoms with Gasteiger partial charge in [0.05, 0.1) is 15.5 Å². The number of hydrogen-bond acceptors (Lipinski definition) is 6. The molecule has 1 aliphatic rings. The highest BCUT2D eigenvalue weighted by Gasteiger charge is 2.53. The van der Waals surface area contributed by atoms with Crippen LogP contribution in [-0.4, -0.2) is 88.4 Å². The van der Waals surface area contributed by atoms with Gasteiger partial charge in [-0.25, -0.2) is 18.0 Å². The standard InChI is InChI=1S/C31H36Cl2N6O5S/c1-6-39(7-2)29(41)34-21-12-14-22(15-13-21)45(43,44)26-19-20(32)18-24-27(26)35-28(40)31(24,23-10-8-9-11-25(23)33)36-30(42)38(5)17-16-37(3)4/h8-15,18-19H,6-7,16-17H2,1-5H3,(H,34,41)(H,35,40)(H,36,42). The van der Waals surface area contributed by atoms with Gasteiger partial charge >= 0.3 is 12.1 Å². The van der Waals surface area contributed by atoms with Crippen molar-refractivity contribution < 1.29 is 22.8 Å². The van der Waals surface area contributed by atoms with Gasteiger partial charge in [0, 0.05) is 60.1 Å². The molecule has 0 saturated carbocycles. The molecule has 0 bridgehead atoms. The lowest BCUT2D eigenvalue weighted by Crippen LogP contribution is -2.55. The molecular formula is C31H36Cl2N6O5S. The van der Waals surface area contributed by atoms with Gasteiger partial charge in [0.25, 0.3) is 5.91 Å². The molecule has 14 heteroatoms. The summed E-state index contributed by atoms with van der Waals surface area (Å²) >= 11 is 13.1. The van der Waals surface area contributed by atoms with Crippen molar-refractivity contribution in [2.45, 2.75) is 29.2 Å². The van der Waals surface area contributed by atoms with Gasteiger partial charge < -0.3 is 30.7 Å². The molecule has 1 unspecified atom stereocenters. The van der Waals surface area contributed by atoms with Crippen LogP contribution in [0.3, 0.4) is 0 Å². The first kappa shape index (κ1) is 34.0. The Bertz CT molecular complexity index is 1710. The molecule has 11 nitrogen and oxygen atoms in total. The maximum atomic E-state index is 14.0. The van der Waals surface area contributed by atoms with E-state index >= 15 is 0 Å². The van der Waals surface area contributed by atoms with Crippen LogP contribution in [0.4, 0.5) is 21.0 Å². The summed E-state index contributed by atoms with van der Waals surface area (Å²) in [5.41, 5.74) is -1.14. The number of nitrogens with one attached hydrogen (secondary N) is 3. The first-order valence-electron chi connectivity index (χ1n) is 14.3. The number of sulfone groups is 1. The number of carbonyl (C=O) groups is 3. The zero-order valence-corrected chi connectivity index (χ0v) is 28.0. The molecule has 5 amide bonds. The van der Waals surface area contributed by atoms with Gasteiger partial charge in [0.1, 0.15) is 0 Å². The Hall–Kier alpha value is -3.84. The van der Waals surface area contributed by atoms with Crippen LogP contribution in [0.15, 0.2) is 70.5 Å². The third-order valence-corrected chi connectivity index (χ3v) is 9.95. The van der Waals surface area contributed by atoms with Gasteiger partial charge in [-0.3, -0.25) is 4.79 Å². The fourth-order valence-electron chi connectivity index (χ4n) is 5.04. The second kappa shape index (κ2) is 13.7. The van der Waals surface area contributed by atoms with Crippen molar-refractivity contribution in [2.24, 2.45) is 0 Å². The Morgan fingerprint density at radius 3 is 2.13 bits per heavy atom. The van der Waals surface area contributed by atoms with Crippen LogP contribution in [0.25, 0.3) is 0 Å². The summed E-state index contributed by atoms with van der Waals surface area (Å²) in [5.74, 6) is -0.701. The molecule has 4 rings (SSSR count). The topological polar surface area (TPSA) is 131 Å². The largest absolute Gasteiger partial charge is 0.327 e. The molecule has 240 valence electrons. The number of likely N-dealkylation sites (N-methyl/N-ethyl adjacent to an activating group) is 2. The Morgan fingerprint density at radius 2 is 1.53 bits per heavy atom. The molecule has 0 spiro atoms. The average Bonchev–Trinajstić information content (AvgIpc) is 3.27. The first-order valence-corrected chi connectivity index (χ1v) is 16.5. The molecule has 45 heavy (non-hydrogen) atoms. The number of halogens is 2. The van der Waals surface area contributed by atoms with Gasteiger partial charge in [-0.05, 0) is 70.4 Å². The van der Waals surface area contributed by atoms with Gasteiger partial charge in [-0.15, -0.1) is 0 Å². The molecule has 1 heterocycles. The number of fused-ring (bicyclic) bond motifs is 1. The van der Waals surface area contributed by atoms with E-state index in [1.54, 1.807) is 36.2 Å². The zero-order chi connectivity index (χ0) is 33.1. The number of anilines is 2. The van der Waals surface area contributed by atoms with Crippen LogP contribution in [0, 0.1) is 0 Å². The lowest BCUT2D eigenvalue weighted by atomic mass is 9.83. The summed E-state index contributed by atoms with van der Waals surface area (Å²) in [4.78, 5) is 44.6. The zero-order valence-electron chi connectivity index (χ0n) is 25.6. The van der Waals surface area contributed by atoms with Crippen LogP contribution in [0.1, 0.15) is 25.0 Å². The smallest absolute Gasteiger partial charge is 0.321 e. The Morgan fingerprint density at radius 1 is 0.889 bits per heavy atom. The number of benzene rings is 3. The highest BCUT2D eigenvalue weighted by Crippen LogP contribution is 2.48. The summed E-state index contributed by atoms with van der Waals surface area (Å²) in [5, 5.41) is 8.51. The first-order chi connectivity index (χ1) is 21.3. The molecule has 0 saturated heterocycles. The van der Waals surface area contributed by atoms with E-state index in [4.69, 9.17) is 23.2 Å². The normalized spacial score (nSPS) is 15.8. The number of urea groups is 2. The Balaban J connectivity index is 1.81. The fourth-order valence-corrected chi connectivity index (χ4v) is 7.06. The van der Waals surface area contributed by atoms with E-state index < -0.39 is 27.3 Å². The van der Waals surface area contributed by atoms with E-state index in [1.165, 1.54) is 41.3 Å². The van der Waals surface area contributed by atoms with Crippen molar-refractivity contribution in [3.63, 3.8) is 0 Å². The van der Waals surface area contributed by atoms with Crippen LogP contribution >= 0.6 is 23.2 Å². The molecule has 3 aromatic carbocycles. The van der Waals surface area contributed by atoms with Crippen molar-refractivity contribution in [1.29, 1.82) is 0 Å². The molecule has 0 fully saturated rings. The van der Waals surface area contributed by atoms with Gasteiger partial charge in [-0.2, -0.15) is 0 Å². The molecule has 3 aromatic rings. The highest BCUT2D eigenvalue weighted by atomic mass is 35.5. The maximum Gasteiger partial charge on any atom is 0.321 e. The second-order valence-corrected chi connectivity index (χ2v) is 13.6. The summed E-state index contributed by atoms with van der Waals surface area (Å²) in [7, 11) is 1.07. The third kappa shape index (κ3) is 6.74. The Labute approximate surface area is 273 Å². The Kier molecular flexibility index (Phi) is 10.3. The number of nitrogens with zero attached hydrogens (tertiary/aromatic N) is 3. The van der Waals surface area contributed by atoms with Crippen LogP contribution in [0.2, 0.25) is 10.0 Å². The van der Waals surface area contributed by atoms with Crippen molar-refractivity contribution in [2.75, 3.05) is 58.0 Å². The lowest BCUT2D eigenvalue weighted by molar-refractivity contribution is -0.120. The number of rotatable bonds is 10. The van der Waals surface area contributed by atoms with Crippen LogP contribution in [-0.2, 0) is 20.2 Å². The molecule has 3 N–H and O–H groups in total. The summed E-state index contributed by atoms with van der Waals surface area (Å²) in [6.45, 7) is 5.67. The van der Waals surface area contributed by atoms with E-state index in [0.29, 0.717) is 31.9 Å². The molecule has 1 aliphatic heterocycles. The van der Waals surface area contributed by atoms with Crippen molar-refractivity contribution in [3.8, 4) is 0 Å². The third-order valence-electron chi connectivity index (χ3n) is 7.61. The van der Waals surface area contributed by atoms with Gasteiger partial charge in [-0.1, -0.05) is 41.4 Å². The average molecular weight is 676 g/mol. The predicted octanol–water partition coefficient (Wildman–Crippen LogP) is 5.10. The van der Waals surface area contributed by atoms with E-state index in [2.05, 4.69) is 16.0 Å². The lowest BCUT2D eigenvalue weighted by Gasteiger charge is -2.32. The molecule has 0 aromatic heterocycles. The minimum atomic E-state index is -4.27. The van der Waals surface area contributed by atoms with Crippen molar-refractivity contribution in [3.05, 3.63) is 81.8 Å². The summed E-state index contributed by atoms with van der Waals surface area (Å²) in [6, 6.07) is 14.0. The maximum absolute atomic E-state index is 14.0. The van der Waals surface area contributed by atoms with Gasteiger partial charge in [0.15, 0.2) is 5.54 Å². The number of carbonyl (C=O) groups excluding carboxylic acids is 3. The SMILES string of the molecule is CCN(CC)C(=O)Nc1ccc(S(=O)(=O)c2cc(Cl)cc3c2NC(=O)C3(NC(=O)N(C)CCN(C)C)c2ccccc2Cl)cc1. The number of hydrogen-bond donors (Lipinski definition) is 3. The summed E-state index contributed by atoms with van der Waals surface area (Å²) < 4.78 is 28.1. The van der Waals surface area contributed by atoms with Crippen LogP contribution in [0.5, 0.6) is 0 Å². The van der Waals surface area contributed by atoms with Crippen LogP contribution < -0.4 is 16.0 Å². The van der Waals surface area contributed by atoms with E-state index in [0.717, 1.165) is 0 Å². The summed E-state index contributed by atoms with van der Waals surface area (Å²) in [6.07, 6.45) is 0. The molecule has 1 atom stereocenters. The molecular weight excluding hydrogens is 639 g/mol. The van der Waals surface area contributed by atoms with E-state index in [1.807, 2.05) is 32.8 Å². The minimum absolute atomic E-state index is 0.0265. The number of amides is 5. The molecule has 0 radical (unpaired) electrons. The van der Waals surface area contributed by atoms with E-state index in [9.17, 15) is 22.8 Å². The van der Waals surface area contributed by atoms with Crippen molar-refractivity contribution in [1.82, 2.24) is 20.0 Å². The van der Waals surface area contributed by atoms with Gasteiger partial charge in [0.2, 0.25) is 9.84 Å². The van der Waals surface area contributed by atoms with Crippen molar-refractivity contribution >= 4 is 62.4 Å². The molecule has 0 aliphatic carbocycles. The predicted molar refractivity (Wildman–Crippen MR) is 176 cm³/mol. The monoisotopic (exact) mass is 674 g/mol. The quantitative estimate of drug-likeness (QED) is 0.274.